The van der Waals surface area contributed by atoms with Crippen LogP contribution in [0.25, 0.3) is 0 Å². The Hall–Kier alpha value is -2.61. The van der Waals surface area contributed by atoms with Crippen LogP contribution >= 0.6 is 11.6 Å². The third-order valence-corrected chi connectivity index (χ3v) is 4.65. The van der Waals surface area contributed by atoms with Crippen molar-refractivity contribution in [1.82, 2.24) is 15.5 Å². The maximum Gasteiger partial charge on any atom is 0.407 e. The second-order valence-corrected chi connectivity index (χ2v) is 8.56. The molecule has 1 atom stereocenters. The fourth-order valence-electron chi connectivity index (χ4n) is 3.01. The van der Waals surface area contributed by atoms with Gasteiger partial charge in [-0.15, -0.1) is 0 Å². The van der Waals surface area contributed by atoms with Gasteiger partial charge in [-0.3, -0.25) is 14.4 Å². The lowest BCUT2D eigenvalue weighted by atomic mass is 10.1. The Bertz CT molecular complexity index is 806. The van der Waals surface area contributed by atoms with Crippen LogP contribution in [0.15, 0.2) is 24.3 Å². The highest BCUT2D eigenvalue weighted by Gasteiger charge is 2.42. The fourth-order valence-corrected chi connectivity index (χ4v) is 3.23. The number of nitrogens with zero attached hydrogens (tertiary/aromatic N) is 1. The number of nitrogens with one attached hydrogen (secondary N) is 2. The lowest BCUT2D eigenvalue weighted by Gasteiger charge is -2.20. The van der Waals surface area contributed by atoms with E-state index in [9.17, 15) is 19.2 Å². The third kappa shape index (κ3) is 7.33. The maximum atomic E-state index is 12.3. The molecule has 1 heterocycles. The minimum Gasteiger partial charge on any atom is -0.444 e. The van der Waals surface area contributed by atoms with Crippen LogP contribution in [0.2, 0.25) is 5.02 Å². The number of Topliss-reactive ketones (excluding diaryl/α,β-unsaturated/α-hetero) is 1. The first kappa shape index (κ1) is 23.7. The molecule has 0 spiro atoms. The number of benzene rings is 1. The van der Waals surface area contributed by atoms with Crippen molar-refractivity contribution in [1.29, 1.82) is 0 Å². The maximum absolute atomic E-state index is 12.3. The Balaban J connectivity index is 1.73. The van der Waals surface area contributed by atoms with Crippen molar-refractivity contribution in [3.8, 4) is 0 Å². The van der Waals surface area contributed by atoms with Crippen molar-refractivity contribution in [3.63, 3.8) is 0 Å². The molecule has 8 nitrogen and oxygen atoms in total. The molecule has 1 aliphatic rings. The summed E-state index contributed by atoms with van der Waals surface area (Å²) in [6.45, 7) is 5.88. The van der Waals surface area contributed by atoms with Crippen molar-refractivity contribution in [3.05, 3.63) is 34.9 Å². The Kier molecular flexibility index (Phi) is 8.23. The second kappa shape index (κ2) is 10.4. The molecule has 30 heavy (non-hydrogen) atoms. The average Bonchev–Trinajstić information content (AvgIpc) is 2.92. The molecule has 1 saturated heterocycles. The molecule has 1 aliphatic heterocycles. The van der Waals surface area contributed by atoms with Gasteiger partial charge in [0, 0.05) is 31.2 Å². The summed E-state index contributed by atoms with van der Waals surface area (Å²) in [7, 11) is 0. The molecule has 3 amide bonds. The Morgan fingerprint density at radius 1 is 1.20 bits per heavy atom. The molecule has 1 fully saturated rings. The van der Waals surface area contributed by atoms with Crippen LogP contribution in [-0.4, -0.2) is 60.4 Å². The Morgan fingerprint density at radius 3 is 2.60 bits per heavy atom. The van der Waals surface area contributed by atoms with E-state index in [2.05, 4.69) is 10.6 Å². The first-order chi connectivity index (χ1) is 14.1. The van der Waals surface area contributed by atoms with Crippen LogP contribution in [0.5, 0.6) is 0 Å². The number of carbonyl (C=O) groups excluding carboxylic acids is 4. The van der Waals surface area contributed by atoms with Crippen molar-refractivity contribution in [2.45, 2.75) is 39.2 Å². The van der Waals surface area contributed by atoms with Gasteiger partial charge in [0.05, 0.1) is 0 Å². The smallest absolute Gasteiger partial charge is 0.407 e. The minimum absolute atomic E-state index is 0.00773. The summed E-state index contributed by atoms with van der Waals surface area (Å²) >= 11 is 5.95. The first-order valence-electron chi connectivity index (χ1n) is 9.89. The molecule has 2 rings (SSSR count). The van der Waals surface area contributed by atoms with Gasteiger partial charge in [-0.2, -0.15) is 0 Å². The van der Waals surface area contributed by atoms with Crippen LogP contribution < -0.4 is 10.6 Å². The lowest BCUT2D eigenvalue weighted by molar-refractivity contribution is -0.142. The van der Waals surface area contributed by atoms with Gasteiger partial charge >= 0.3 is 6.09 Å². The number of aryl methyl sites for hydroxylation is 1. The number of ketones is 1. The molecule has 164 valence electrons. The number of hydrogen-bond acceptors (Lipinski definition) is 5. The number of hydrogen-bond donors (Lipinski definition) is 2. The van der Waals surface area contributed by atoms with Crippen LogP contribution in [0, 0.1) is 5.92 Å². The zero-order valence-electron chi connectivity index (χ0n) is 17.5. The third-order valence-electron chi connectivity index (χ3n) is 4.41. The molecule has 2 N–H and O–H groups in total. The normalized spacial score (nSPS) is 16.5. The van der Waals surface area contributed by atoms with Gasteiger partial charge in [-0.25, -0.2) is 4.79 Å². The number of carbonyl (C=O) groups is 4. The molecular formula is C21H28ClN3O5. The summed E-state index contributed by atoms with van der Waals surface area (Å²) < 4.78 is 5.11. The Morgan fingerprint density at radius 2 is 1.93 bits per heavy atom. The van der Waals surface area contributed by atoms with Gasteiger partial charge in [0.25, 0.3) is 5.91 Å². The van der Waals surface area contributed by atoms with E-state index in [-0.39, 0.29) is 19.6 Å². The van der Waals surface area contributed by atoms with E-state index in [0.717, 1.165) is 12.0 Å². The zero-order chi connectivity index (χ0) is 22.3. The number of rotatable bonds is 8. The van der Waals surface area contributed by atoms with Crippen LogP contribution in [-0.2, 0) is 25.5 Å². The van der Waals surface area contributed by atoms with Crippen LogP contribution in [0.4, 0.5) is 4.79 Å². The van der Waals surface area contributed by atoms with Gasteiger partial charge < -0.3 is 20.3 Å². The molecule has 0 bridgehead atoms. The van der Waals surface area contributed by atoms with Crippen molar-refractivity contribution >= 4 is 35.3 Å². The molecular weight excluding hydrogens is 410 g/mol. The van der Waals surface area contributed by atoms with E-state index >= 15 is 0 Å². The molecule has 1 aromatic rings. The quantitative estimate of drug-likeness (QED) is 0.367. The van der Waals surface area contributed by atoms with Crippen LogP contribution in [0.3, 0.4) is 0 Å². The summed E-state index contributed by atoms with van der Waals surface area (Å²) in [5.41, 5.74) is 0.437. The fraction of sp³-hybridized carbons (Fsp3) is 0.524. The van der Waals surface area contributed by atoms with Crippen molar-refractivity contribution < 1.29 is 23.9 Å². The molecule has 0 radical (unpaired) electrons. The van der Waals surface area contributed by atoms with Crippen molar-refractivity contribution in [2.24, 2.45) is 5.92 Å². The first-order valence-corrected chi connectivity index (χ1v) is 10.3. The largest absolute Gasteiger partial charge is 0.444 e. The lowest BCUT2D eigenvalue weighted by Crippen LogP contribution is -2.39. The highest BCUT2D eigenvalue weighted by atomic mass is 35.5. The summed E-state index contributed by atoms with van der Waals surface area (Å²) in [5.74, 6) is -2.91. The van der Waals surface area contributed by atoms with E-state index in [4.69, 9.17) is 16.3 Å². The Labute approximate surface area is 181 Å². The summed E-state index contributed by atoms with van der Waals surface area (Å²) in [6, 6.07) is 7.48. The van der Waals surface area contributed by atoms with Crippen LogP contribution in [0.1, 0.15) is 32.8 Å². The van der Waals surface area contributed by atoms with E-state index in [0.29, 0.717) is 18.0 Å². The van der Waals surface area contributed by atoms with E-state index in [1.165, 1.54) is 4.90 Å². The molecule has 1 aromatic carbocycles. The van der Waals surface area contributed by atoms with Gasteiger partial charge in [-0.1, -0.05) is 23.7 Å². The van der Waals surface area contributed by atoms with Gasteiger partial charge in [0.15, 0.2) is 0 Å². The molecule has 0 saturated carbocycles. The second-order valence-electron chi connectivity index (χ2n) is 8.12. The summed E-state index contributed by atoms with van der Waals surface area (Å²) in [4.78, 5) is 49.5. The highest BCUT2D eigenvalue weighted by Crippen LogP contribution is 2.15. The minimum atomic E-state index is -1.02. The predicted molar refractivity (Wildman–Crippen MR) is 112 cm³/mol. The summed E-state index contributed by atoms with van der Waals surface area (Å²) in [6.07, 6.45) is 0.820. The zero-order valence-corrected chi connectivity index (χ0v) is 18.3. The number of likely N-dealkylation sites (tertiary alicyclic amines) is 1. The number of ether oxygens (including phenoxy) is 1. The van der Waals surface area contributed by atoms with Gasteiger partial charge in [-0.05, 0) is 51.3 Å². The number of halogens is 1. The monoisotopic (exact) mass is 437 g/mol. The average molecular weight is 438 g/mol. The SMILES string of the molecule is CC(C)(C)OC(=O)NCCN1CC(C(=O)NCCCc2cccc(Cl)c2)C(=O)C1=O. The highest BCUT2D eigenvalue weighted by molar-refractivity contribution is 6.42. The van der Waals surface area contributed by atoms with Crippen molar-refractivity contribution in [2.75, 3.05) is 26.2 Å². The predicted octanol–water partition coefficient (Wildman–Crippen LogP) is 1.94. The van der Waals surface area contributed by atoms with E-state index in [1.54, 1.807) is 26.8 Å². The van der Waals surface area contributed by atoms with E-state index in [1.807, 2.05) is 18.2 Å². The molecule has 1 unspecified atom stereocenters. The molecule has 9 heteroatoms. The van der Waals surface area contributed by atoms with Gasteiger partial charge in [0.1, 0.15) is 11.5 Å². The standard InChI is InChI=1S/C21H28ClN3O5/c1-21(2,3)30-20(29)24-10-11-25-13-16(17(26)19(25)28)18(27)23-9-5-7-14-6-4-8-15(22)12-14/h4,6,8,12,16H,5,7,9-11,13H2,1-3H3,(H,23,27)(H,24,29). The summed E-state index contributed by atoms with van der Waals surface area (Å²) in [5, 5.41) is 5.91. The van der Waals surface area contributed by atoms with E-state index < -0.39 is 35.2 Å². The number of amides is 3. The topological polar surface area (TPSA) is 105 Å². The number of alkyl carbamates (subject to hydrolysis) is 1. The van der Waals surface area contributed by atoms with Gasteiger partial charge in [0.2, 0.25) is 11.7 Å². The molecule has 0 aromatic heterocycles. The molecule has 0 aliphatic carbocycles.